The van der Waals surface area contributed by atoms with Crippen molar-refractivity contribution in [3.05, 3.63) is 144 Å². The molecule has 1 saturated heterocycles. The minimum Gasteiger partial charge on any atom is -0.402 e. The predicted octanol–water partition coefficient (Wildman–Crippen LogP) is 8.41. The van der Waals surface area contributed by atoms with Crippen molar-refractivity contribution in [3.63, 3.8) is 0 Å². The molecule has 0 unspecified atom stereocenters. The number of hydrogen-bond acceptors (Lipinski definition) is 4. The third-order valence-corrected chi connectivity index (χ3v) is 9.60. The molecule has 222 valence electrons. The van der Waals surface area contributed by atoms with Crippen molar-refractivity contribution in [2.45, 2.75) is 68.3 Å². The maximum atomic E-state index is 7.22. The van der Waals surface area contributed by atoms with Crippen LogP contribution in [0.1, 0.15) is 61.3 Å². The normalized spacial score (nSPS) is 22.1. The molecule has 0 N–H and O–H groups in total. The van der Waals surface area contributed by atoms with E-state index >= 15 is 0 Å². The van der Waals surface area contributed by atoms with Crippen LogP contribution < -0.4 is 0 Å². The summed E-state index contributed by atoms with van der Waals surface area (Å²) in [6.07, 6.45) is 5.05. The number of ether oxygens (including phenoxy) is 2. The first-order valence-corrected chi connectivity index (χ1v) is 15.8. The fourth-order valence-corrected chi connectivity index (χ4v) is 7.31. The van der Waals surface area contributed by atoms with Crippen LogP contribution in [-0.4, -0.2) is 33.5 Å². The van der Waals surface area contributed by atoms with Gasteiger partial charge in [-0.05, 0) is 40.4 Å². The molecule has 1 aliphatic heterocycles. The lowest BCUT2D eigenvalue weighted by Gasteiger charge is -2.47. The zero-order valence-electron chi connectivity index (χ0n) is 25.6. The Labute approximate surface area is 257 Å². The molecule has 4 nitrogen and oxygen atoms in total. The van der Waals surface area contributed by atoms with Gasteiger partial charge in [-0.2, -0.15) is 0 Å². The van der Waals surface area contributed by atoms with E-state index in [-0.39, 0.29) is 7.12 Å². The van der Waals surface area contributed by atoms with Gasteiger partial charge in [-0.25, -0.2) is 0 Å². The van der Waals surface area contributed by atoms with E-state index in [1.54, 1.807) is 14.2 Å². The topological polar surface area (TPSA) is 36.9 Å². The fourth-order valence-electron chi connectivity index (χ4n) is 7.31. The molecule has 1 aliphatic carbocycles. The predicted molar refractivity (Wildman–Crippen MR) is 173 cm³/mol. The molecule has 5 heteroatoms. The van der Waals surface area contributed by atoms with Gasteiger partial charge in [0.15, 0.2) is 0 Å². The van der Waals surface area contributed by atoms with Gasteiger partial charge in [0.05, 0.1) is 0 Å². The summed E-state index contributed by atoms with van der Waals surface area (Å²) in [6, 6.07) is 41.8. The lowest BCUT2D eigenvalue weighted by atomic mass is 9.71. The smallest absolute Gasteiger partial charge is 0.402 e. The Morgan fingerprint density at radius 2 is 0.977 bits per heavy atom. The van der Waals surface area contributed by atoms with Crippen molar-refractivity contribution >= 4 is 7.12 Å². The molecule has 1 saturated carbocycles. The molecule has 6 rings (SSSR count). The van der Waals surface area contributed by atoms with Crippen molar-refractivity contribution in [1.82, 2.24) is 0 Å². The summed E-state index contributed by atoms with van der Waals surface area (Å²) < 4.78 is 27.9. The van der Waals surface area contributed by atoms with E-state index in [0.717, 1.165) is 28.7 Å². The second-order valence-corrected chi connectivity index (χ2v) is 12.0. The lowest BCUT2D eigenvalue weighted by Crippen LogP contribution is -2.56. The number of unbranched alkanes of at least 4 members (excludes halogenated alkanes) is 2. The third kappa shape index (κ3) is 5.49. The molecule has 2 fully saturated rings. The van der Waals surface area contributed by atoms with Gasteiger partial charge >= 0.3 is 7.12 Å². The van der Waals surface area contributed by atoms with Crippen LogP contribution in [0.25, 0.3) is 0 Å². The minimum absolute atomic E-state index is 0.353. The summed E-state index contributed by atoms with van der Waals surface area (Å²) in [5.74, 6) is 0.971. The Balaban J connectivity index is 1.54. The largest absolute Gasteiger partial charge is 0.461 e. The molecule has 4 aromatic carbocycles. The summed E-state index contributed by atoms with van der Waals surface area (Å²) in [5.41, 5.74) is 2.16. The summed E-state index contributed by atoms with van der Waals surface area (Å²) in [6.45, 7) is 2.26. The van der Waals surface area contributed by atoms with Crippen molar-refractivity contribution in [3.8, 4) is 0 Å². The Hall–Kier alpha value is -3.22. The average Bonchev–Trinajstić information content (AvgIpc) is 3.72. The second kappa shape index (κ2) is 13.2. The molecule has 0 aromatic heterocycles. The van der Waals surface area contributed by atoms with Gasteiger partial charge < -0.3 is 18.8 Å². The van der Waals surface area contributed by atoms with Crippen molar-refractivity contribution in [2.24, 2.45) is 5.92 Å². The van der Waals surface area contributed by atoms with Crippen LogP contribution in [0.15, 0.2) is 121 Å². The average molecular weight is 575 g/mol. The molecule has 1 heterocycles. The first kappa shape index (κ1) is 29.8. The Morgan fingerprint density at radius 1 is 0.605 bits per heavy atom. The van der Waals surface area contributed by atoms with Crippen LogP contribution in [0.3, 0.4) is 0 Å². The SMILES string of the molecule is CCCCC[C@@H]1C[C@H]1B1O[C@@H](C(OC)(c2ccccc2)c2ccccc2)[C@H](C(OC)(c2ccccc2)c2ccccc2)O1. The van der Waals surface area contributed by atoms with E-state index in [2.05, 4.69) is 104 Å². The van der Waals surface area contributed by atoms with Crippen LogP contribution >= 0.6 is 0 Å². The van der Waals surface area contributed by atoms with Crippen LogP contribution in [-0.2, 0) is 30.0 Å². The van der Waals surface area contributed by atoms with E-state index < -0.39 is 23.4 Å². The summed E-state index contributed by atoms with van der Waals surface area (Å²) in [7, 11) is 3.22. The highest BCUT2D eigenvalue weighted by Crippen LogP contribution is 2.57. The molecule has 4 aromatic rings. The number of methoxy groups -OCH3 is 2. The summed E-state index contributed by atoms with van der Waals surface area (Å²) in [5, 5.41) is 0. The van der Waals surface area contributed by atoms with Gasteiger partial charge in [-0.15, -0.1) is 0 Å². The number of hydrogen-bond donors (Lipinski definition) is 0. The molecular weight excluding hydrogens is 531 g/mol. The highest BCUT2D eigenvalue weighted by Gasteiger charge is 2.65. The van der Waals surface area contributed by atoms with Crippen molar-refractivity contribution in [2.75, 3.05) is 14.2 Å². The molecular formula is C38H43BO4. The maximum Gasteiger partial charge on any atom is 0.461 e. The Bertz CT molecular complexity index is 1240. The molecule has 2 aliphatic rings. The van der Waals surface area contributed by atoms with Crippen LogP contribution in [0.5, 0.6) is 0 Å². The zero-order valence-corrected chi connectivity index (χ0v) is 25.6. The molecule has 0 amide bonds. The van der Waals surface area contributed by atoms with E-state index in [1.807, 2.05) is 24.3 Å². The Morgan fingerprint density at radius 3 is 1.30 bits per heavy atom. The molecule has 0 radical (unpaired) electrons. The fraction of sp³-hybridized carbons (Fsp3) is 0.368. The van der Waals surface area contributed by atoms with Crippen LogP contribution in [0, 0.1) is 5.92 Å². The molecule has 43 heavy (non-hydrogen) atoms. The molecule has 0 spiro atoms. The van der Waals surface area contributed by atoms with E-state index in [0.29, 0.717) is 11.7 Å². The van der Waals surface area contributed by atoms with E-state index in [4.69, 9.17) is 18.8 Å². The molecule has 4 atom stereocenters. The van der Waals surface area contributed by atoms with Crippen molar-refractivity contribution < 1.29 is 18.8 Å². The third-order valence-electron chi connectivity index (χ3n) is 9.60. The lowest BCUT2D eigenvalue weighted by molar-refractivity contribution is -0.136. The minimum atomic E-state index is -0.956. The first-order valence-electron chi connectivity index (χ1n) is 15.8. The summed E-state index contributed by atoms with van der Waals surface area (Å²) in [4.78, 5) is 0. The van der Waals surface area contributed by atoms with Crippen LogP contribution in [0.4, 0.5) is 0 Å². The second-order valence-electron chi connectivity index (χ2n) is 12.0. The van der Waals surface area contributed by atoms with Gasteiger partial charge in [0.2, 0.25) is 0 Å². The number of rotatable bonds is 13. The van der Waals surface area contributed by atoms with Gasteiger partial charge in [0.25, 0.3) is 0 Å². The first-order chi connectivity index (χ1) is 21.2. The standard InChI is InChI=1S/C38H43BO4/c1-4-5-10-19-29-28-34(29)39-42-35(37(40-2,30-20-11-6-12-21-30)31-22-13-7-14-23-31)36(43-39)38(41-3,32-24-15-8-16-25-32)33-26-17-9-18-27-33/h6-9,11-18,20-27,29,34-36H,4-5,10,19,28H2,1-3H3/t29-,34-,35-,36-/m1/s1. The number of benzene rings is 4. The van der Waals surface area contributed by atoms with E-state index in [9.17, 15) is 0 Å². The van der Waals surface area contributed by atoms with E-state index in [1.165, 1.54) is 25.7 Å². The van der Waals surface area contributed by atoms with Gasteiger partial charge in [-0.3, -0.25) is 0 Å². The van der Waals surface area contributed by atoms with Gasteiger partial charge in [0, 0.05) is 14.2 Å². The van der Waals surface area contributed by atoms with Crippen LogP contribution in [0.2, 0.25) is 5.82 Å². The molecule has 0 bridgehead atoms. The zero-order chi connectivity index (χ0) is 29.7. The van der Waals surface area contributed by atoms with Crippen molar-refractivity contribution in [1.29, 1.82) is 0 Å². The maximum absolute atomic E-state index is 7.22. The van der Waals surface area contributed by atoms with Gasteiger partial charge in [-0.1, -0.05) is 154 Å². The summed E-state index contributed by atoms with van der Waals surface area (Å²) >= 11 is 0. The highest BCUT2D eigenvalue weighted by atomic mass is 16.7. The monoisotopic (exact) mass is 574 g/mol. The van der Waals surface area contributed by atoms with Gasteiger partial charge in [0.1, 0.15) is 23.4 Å². The highest BCUT2D eigenvalue weighted by molar-refractivity contribution is 6.48. The quantitative estimate of drug-likeness (QED) is 0.119. The Kier molecular flexibility index (Phi) is 9.16.